The van der Waals surface area contributed by atoms with E-state index in [1.165, 1.54) is 10.8 Å². The molecular formula is C7H9N3O2. The Kier molecular flexibility index (Phi) is 2.57. The van der Waals surface area contributed by atoms with Crippen LogP contribution in [0.1, 0.15) is 10.6 Å². The lowest BCUT2D eigenvalue weighted by Gasteiger charge is -2.01. The summed E-state index contributed by atoms with van der Waals surface area (Å²) in [6.07, 6.45) is 3.68. The fraction of sp³-hybridized carbons (Fsp3) is 0.286. The Bertz CT molecular complexity index is 293. The summed E-state index contributed by atoms with van der Waals surface area (Å²) in [6.45, 7) is 0.130. The molecule has 1 rings (SSSR count). The average molecular weight is 167 g/mol. The smallest absolute Gasteiger partial charge is 0.239 e. The molecular weight excluding hydrogens is 158 g/mol. The van der Waals surface area contributed by atoms with Gasteiger partial charge in [-0.15, -0.1) is 0 Å². The number of amides is 1. The van der Waals surface area contributed by atoms with Crippen molar-refractivity contribution in [1.82, 2.24) is 14.9 Å². The van der Waals surface area contributed by atoms with E-state index in [0.29, 0.717) is 6.29 Å². The molecule has 1 heterocycles. The molecule has 64 valence electrons. The normalized spacial score (nSPS) is 9.42. The fourth-order valence-corrected chi connectivity index (χ4v) is 0.806. The molecule has 0 radical (unpaired) electrons. The van der Waals surface area contributed by atoms with E-state index >= 15 is 0 Å². The van der Waals surface area contributed by atoms with Crippen LogP contribution < -0.4 is 5.32 Å². The molecule has 0 fully saturated rings. The van der Waals surface area contributed by atoms with Gasteiger partial charge in [-0.3, -0.25) is 9.59 Å². The predicted molar refractivity (Wildman–Crippen MR) is 41.7 cm³/mol. The van der Waals surface area contributed by atoms with Gasteiger partial charge in [0.25, 0.3) is 0 Å². The van der Waals surface area contributed by atoms with Crippen LogP contribution in [0.3, 0.4) is 0 Å². The van der Waals surface area contributed by atoms with Crippen molar-refractivity contribution in [3.8, 4) is 0 Å². The van der Waals surface area contributed by atoms with Crippen molar-refractivity contribution >= 4 is 12.2 Å². The third kappa shape index (κ3) is 1.69. The molecule has 0 saturated carbocycles. The van der Waals surface area contributed by atoms with Crippen LogP contribution in [-0.4, -0.2) is 28.8 Å². The van der Waals surface area contributed by atoms with Crippen LogP contribution in [-0.2, 0) is 11.3 Å². The van der Waals surface area contributed by atoms with Gasteiger partial charge >= 0.3 is 0 Å². The Morgan fingerprint density at radius 3 is 3.17 bits per heavy atom. The van der Waals surface area contributed by atoms with Gasteiger partial charge in [-0.25, -0.2) is 4.98 Å². The summed E-state index contributed by atoms with van der Waals surface area (Å²) in [5.74, 6) is 0.106. The van der Waals surface area contributed by atoms with Crippen LogP contribution in [0.5, 0.6) is 0 Å². The highest BCUT2D eigenvalue weighted by atomic mass is 16.2. The number of carbonyl (C=O) groups is 2. The van der Waals surface area contributed by atoms with Crippen LogP contribution in [0, 0.1) is 0 Å². The molecule has 0 aliphatic rings. The quantitative estimate of drug-likeness (QED) is 0.614. The highest BCUT2D eigenvalue weighted by Crippen LogP contribution is 1.92. The zero-order chi connectivity index (χ0) is 8.97. The molecule has 0 bridgehead atoms. The Morgan fingerprint density at radius 1 is 1.83 bits per heavy atom. The van der Waals surface area contributed by atoms with Crippen LogP contribution in [0.25, 0.3) is 0 Å². The van der Waals surface area contributed by atoms with Gasteiger partial charge in [0, 0.05) is 19.4 Å². The Morgan fingerprint density at radius 2 is 2.58 bits per heavy atom. The van der Waals surface area contributed by atoms with Crippen molar-refractivity contribution < 1.29 is 9.59 Å². The summed E-state index contributed by atoms with van der Waals surface area (Å²) in [6, 6.07) is 0. The SMILES string of the molecule is CNC(=O)Cn1ccnc1C=O. The van der Waals surface area contributed by atoms with Crippen LogP contribution in [0.15, 0.2) is 12.4 Å². The fourth-order valence-electron chi connectivity index (χ4n) is 0.806. The molecule has 12 heavy (non-hydrogen) atoms. The molecule has 5 heteroatoms. The molecule has 1 aromatic rings. The first-order valence-electron chi connectivity index (χ1n) is 3.45. The van der Waals surface area contributed by atoms with Crippen molar-refractivity contribution in [3.05, 3.63) is 18.2 Å². The van der Waals surface area contributed by atoms with Gasteiger partial charge in [-0.05, 0) is 0 Å². The summed E-state index contributed by atoms with van der Waals surface area (Å²) in [4.78, 5) is 25.0. The van der Waals surface area contributed by atoms with E-state index in [0.717, 1.165) is 0 Å². The topological polar surface area (TPSA) is 64.0 Å². The van der Waals surface area contributed by atoms with E-state index in [2.05, 4.69) is 10.3 Å². The summed E-state index contributed by atoms with van der Waals surface area (Å²) < 4.78 is 1.48. The molecule has 0 aliphatic heterocycles. The number of nitrogens with one attached hydrogen (secondary N) is 1. The number of hydrogen-bond acceptors (Lipinski definition) is 3. The molecule has 1 aromatic heterocycles. The molecule has 0 atom stereocenters. The van der Waals surface area contributed by atoms with Crippen molar-refractivity contribution in [2.75, 3.05) is 7.05 Å². The van der Waals surface area contributed by atoms with Gasteiger partial charge in [-0.2, -0.15) is 0 Å². The van der Waals surface area contributed by atoms with Crippen molar-refractivity contribution in [1.29, 1.82) is 0 Å². The summed E-state index contributed by atoms with van der Waals surface area (Å²) in [5, 5.41) is 2.45. The van der Waals surface area contributed by atoms with E-state index in [1.807, 2.05) is 0 Å². The number of aldehydes is 1. The lowest BCUT2D eigenvalue weighted by Crippen LogP contribution is -2.24. The first-order chi connectivity index (χ1) is 5.77. The van der Waals surface area contributed by atoms with E-state index in [-0.39, 0.29) is 18.3 Å². The number of carbonyl (C=O) groups excluding carboxylic acids is 2. The third-order valence-electron chi connectivity index (χ3n) is 1.45. The number of aromatic nitrogens is 2. The molecule has 5 nitrogen and oxygen atoms in total. The van der Waals surface area contributed by atoms with Crippen molar-refractivity contribution in [3.63, 3.8) is 0 Å². The first kappa shape index (κ1) is 8.45. The molecule has 0 spiro atoms. The Balaban J connectivity index is 2.74. The molecule has 0 unspecified atom stereocenters. The molecule has 1 amide bonds. The maximum Gasteiger partial charge on any atom is 0.239 e. The minimum atomic E-state index is -0.156. The summed E-state index contributed by atoms with van der Waals surface area (Å²) >= 11 is 0. The summed E-state index contributed by atoms with van der Waals surface area (Å²) in [7, 11) is 1.54. The first-order valence-corrected chi connectivity index (χ1v) is 3.45. The highest BCUT2D eigenvalue weighted by Gasteiger charge is 2.03. The second-order valence-corrected chi connectivity index (χ2v) is 2.20. The van der Waals surface area contributed by atoms with Gasteiger partial charge in [0.15, 0.2) is 12.1 Å². The second kappa shape index (κ2) is 3.66. The van der Waals surface area contributed by atoms with Gasteiger partial charge in [0.1, 0.15) is 6.54 Å². The Hall–Kier alpha value is -1.65. The number of imidazole rings is 1. The number of nitrogens with zero attached hydrogens (tertiary/aromatic N) is 2. The molecule has 1 N–H and O–H groups in total. The maximum absolute atomic E-state index is 10.9. The predicted octanol–water partition coefficient (Wildman–Crippen LogP) is -0.558. The zero-order valence-electron chi connectivity index (χ0n) is 6.65. The molecule has 0 saturated heterocycles. The second-order valence-electron chi connectivity index (χ2n) is 2.20. The van der Waals surface area contributed by atoms with Gasteiger partial charge < -0.3 is 9.88 Å². The highest BCUT2D eigenvalue weighted by molar-refractivity contribution is 5.77. The van der Waals surface area contributed by atoms with E-state index in [1.54, 1.807) is 13.2 Å². The lowest BCUT2D eigenvalue weighted by atomic mass is 10.5. The van der Waals surface area contributed by atoms with Crippen LogP contribution >= 0.6 is 0 Å². The Labute approximate surface area is 69.4 Å². The van der Waals surface area contributed by atoms with Crippen LogP contribution in [0.2, 0.25) is 0 Å². The van der Waals surface area contributed by atoms with Gasteiger partial charge in [-0.1, -0.05) is 0 Å². The van der Waals surface area contributed by atoms with E-state index in [4.69, 9.17) is 0 Å². The largest absolute Gasteiger partial charge is 0.358 e. The number of likely N-dealkylation sites (N-methyl/N-ethyl adjacent to an activating group) is 1. The molecule has 0 aliphatic carbocycles. The zero-order valence-corrected chi connectivity index (χ0v) is 6.65. The van der Waals surface area contributed by atoms with Gasteiger partial charge in [0.05, 0.1) is 0 Å². The lowest BCUT2D eigenvalue weighted by molar-refractivity contribution is -0.121. The van der Waals surface area contributed by atoms with Crippen LogP contribution in [0.4, 0.5) is 0 Å². The maximum atomic E-state index is 10.9. The average Bonchev–Trinajstić information content (AvgIpc) is 2.51. The standard InChI is InChI=1S/C7H9N3O2/c1-8-7(12)4-10-3-2-9-6(10)5-11/h2-3,5H,4H2,1H3,(H,8,12). The number of rotatable bonds is 3. The molecule has 0 aromatic carbocycles. The third-order valence-corrected chi connectivity index (χ3v) is 1.45. The summed E-state index contributed by atoms with van der Waals surface area (Å²) in [5.41, 5.74) is 0. The minimum absolute atomic E-state index is 0.130. The van der Waals surface area contributed by atoms with Crippen molar-refractivity contribution in [2.24, 2.45) is 0 Å². The van der Waals surface area contributed by atoms with E-state index < -0.39 is 0 Å². The monoisotopic (exact) mass is 167 g/mol. The van der Waals surface area contributed by atoms with Crippen molar-refractivity contribution in [2.45, 2.75) is 6.54 Å². The van der Waals surface area contributed by atoms with E-state index in [9.17, 15) is 9.59 Å². The van der Waals surface area contributed by atoms with Gasteiger partial charge in [0.2, 0.25) is 5.91 Å². The minimum Gasteiger partial charge on any atom is -0.358 e. The number of hydrogen-bond donors (Lipinski definition) is 1.